The van der Waals surface area contributed by atoms with Crippen LogP contribution in [-0.2, 0) is 9.53 Å². The first-order valence-corrected chi connectivity index (χ1v) is 7.71. The lowest BCUT2D eigenvalue weighted by Crippen LogP contribution is -2.40. The Labute approximate surface area is 138 Å². The molecule has 124 valence electrons. The quantitative estimate of drug-likeness (QED) is 0.505. The summed E-state index contributed by atoms with van der Waals surface area (Å²) in [6.45, 7) is 1.47. The van der Waals surface area contributed by atoms with Gasteiger partial charge in [-0.2, -0.15) is 0 Å². The number of hydrogen-bond acceptors (Lipinski definition) is 5. The second kappa shape index (κ2) is 7.41. The number of amides is 1. The normalized spacial score (nSPS) is 15.9. The van der Waals surface area contributed by atoms with Gasteiger partial charge < -0.3 is 10.1 Å². The van der Waals surface area contributed by atoms with Crippen LogP contribution in [-0.4, -0.2) is 28.9 Å². The van der Waals surface area contributed by atoms with Crippen LogP contribution in [0.2, 0.25) is 5.02 Å². The fourth-order valence-electron chi connectivity index (χ4n) is 2.45. The molecule has 1 saturated carbocycles. The van der Waals surface area contributed by atoms with Gasteiger partial charge in [-0.15, -0.1) is 0 Å². The maximum absolute atomic E-state index is 12.0. The third-order valence-electron chi connectivity index (χ3n) is 3.74. The Balaban J connectivity index is 1.97. The number of rotatable bonds is 5. The van der Waals surface area contributed by atoms with Crippen LogP contribution in [0, 0.1) is 10.1 Å². The van der Waals surface area contributed by atoms with Gasteiger partial charge in [0.25, 0.3) is 11.6 Å². The highest BCUT2D eigenvalue weighted by molar-refractivity contribution is 6.33. The number of nitro groups is 1. The lowest BCUT2D eigenvalue weighted by atomic mass is 10.2. The van der Waals surface area contributed by atoms with Gasteiger partial charge in [0.05, 0.1) is 15.5 Å². The zero-order chi connectivity index (χ0) is 17.0. The molecule has 1 N–H and O–H groups in total. The highest BCUT2D eigenvalue weighted by Gasteiger charge is 2.24. The van der Waals surface area contributed by atoms with Crippen LogP contribution in [0.5, 0.6) is 0 Å². The van der Waals surface area contributed by atoms with Gasteiger partial charge in [-0.3, -0.25) is 14.9 Å². The van der Waals surface area contributed by atoms with E-state index in [0.717, 1.165) is 37.8 Å². The number of nitrogens with zero attached hydrogens (tertiary/aromatic N) is 1. The molecule has 1 aromatic carbocycles. The van der Waals surface area contributed by atoms with E-state index in [1.807, 2.05) is 0 Å². The highest BCUT2D eigenvalue weighted by atomic mass is 35.5. The van der Waals surface area contributed by atoms with Crippen molar-refractivity contribution in [3.63, 3.8) is 0 Å². The summed E-state index contributed by atoms with van der Waals surface area (Å²) >= 11 is 5.86. The molecule has 0 aromatic heterocycles. The number of hydrogen-bond donors (Lipinski definition) is 1. The van der Waals surface area contributed by atoms with Crippen molar-refractivity contribution in [3.8, 4) is 0 Å². The fourth-order valence-corrected chi connectivity index (χ4v) is 2.70. The average Bonchev–Trinajstić information content (AvgIpc) is 2.99. The van der Waals surface area contributed by atoms with Gasteiger partial charge in [-0.1, -0.05) is 24.4 Å². The Kier molecular flexibility index (Phi) is 5.54. The zero-order valence-corrected chi connectivity index (χ0v) is 13.3. The topological polar surface area (TPSA) is 98.5 Å². The van der Waals surface area contributed by atoms with Crippen LogP contribution in [0.3, 0.4) is 0 Å². The lowest BCUT2D eigenvalue weighted by molar-refractivity contribution is -0.384. The summed E-state index contributed by atoms with van der Waals surface area (Å²) in [6.07, 6.45) is 3.06. The minimum absolute atomic E-state index is 0.0159. The maximum Gasteiger partial charge on any atom is 0.340 e. The van der Waals surface area contributed by atoms with E-state index >= 15 is 0 Å². The molecule has 1 aliphatic rings. The first-order chi connectivity index (χ1) is 10.9. The van der Waals surface area contributed by atoms with Crippen LogP contribution >= 0.6 is 11.6 Å². The van der Waals surface area contributed by atoms with Crippen LogP contribution in [0.1, 0.15) is 43.0 Å². The Hall–Kier alpha value is -2.15. The lowest BCUT2D eigenvalue weighted by Gasteiger charge is -2.17. The Morgan fingerprint density at radius 1 is 1.39 bits per heavy atom. The number of nitro benzene ring substituents is 1. The van der Waals surface area contributed by atoms with Crippen molar-refractivity contribution >= 4 is 29.2 Å². The summed E-state index contributed by atoms with van der Waals surface area (Å²) in [4.78, 5) is 34.1. The summed E-state index contributed by atoms with van der Waals surface area (Å²) < 4.78 is 5.08. The number of carbonyl (C=O) groups excluding carboxylic acids is 2. The van der Waals surface area contributed by atoms with E-state index < -0.39 is 17.0 Å². The smallest absolute Gasteiger partial charge is 0.340 e. The number of benzene rings is 1. The summed E-state index contributed by atoms with van der Waals surface area (Å²) in [6, 6.07) is 3.57. The molecule has 7 nitrogen and oxygen atoms in total. The maximum atomic E-state index is 12.0. The van der Waals surface area contributed by atoms with Crippen LogP contribution in [0.4, 0.5) is 5.69 Å². The largest absolute Gasteiger partial charge is 0.449 e. The van der Waals surface area contributed by atoms with E-state index in [1.165, 1.54) is 13.0 Å². The van der Waals surface area contributed by atoms with Gasteiger partial charge in [0.1, 0.15) is 0 Å². The van der Waals surface area contributed by atoms with Crippen molar-refractivity contribution in [3.05, 3.63) is 38.9 Å². The monoisotopic (exact) mass is 340 g/mol. The third kappa shape index (κ3) is 4.41. The van der Waals surface area contributed by atoms with Crippen LogP contribution in [0.15, 0.2) is 18.2 Å². The van der Waals surface area contributed by atoms with Crippen molar-refractivity contribution < 1.29 is 19.2 Å². The molecule has 0 aliphatic heterocycles. The SMILES string of the molecule is C[C@@H](OC(=O)c1ccc([N+](=O)[O-])cc1Cl)C(=O)NC1CCCC1. The average molecular weight is 341 g/mol. The number of halogens is 1. The van der Waals surface area contributed by atoms with Gasteiger partial charge >= 0.3 is 5.97 Å². The van der Waals surface area contributed by atoms with Gasteiger partial charge in [-0.25, -0.2) is 4.79 Å². The van der Waals surface area contributed by atoms with Crippen LogP contribution < -0.4 is 5.32 Å². The van der Waals surface area contributed by atoms with Crippen molar-refractivity contribution in [2.45, 2.75) is 44.8 Å². The minimum atomic E-state index is -0.964. The molecule has 8 heteroatoms. The molecule has 1 amide bonds. The van der Waals surface area contributed by atoms with Crippen molar-refractivity contribution in [2.75, 3.05) is 0 Å². The number of carbonyl (C=O) groups is 2. The fraction of sp³-hybridized carbons (Fsp3) is 0.467. The Morgan fingerprint density at radius 3 is 2.61 bits per heavy atom. The molecule has 0 spiro atoms. The van der Waals surface area contributed by atoms with E-state index in [4.69, 9.17) is 16.3 Å². The van der Waals surface area contributed by atoms with Crippen molar-refractivity contribution in [1.29, 1.82) is 0 Å². The summed E-state index contributed by atoms with van der Waals surface area (Å²) in [5.41, 5.74) is -0.239. The third-order valence-corrected chi connectivity index (χ3v) is 4.05. The van der Waals surface area contributed by atoms with E-state index in [2.05, 4.69) is 5.32 Å². The molecular weight excluding hydrogens is 324 g/mol. The number of ether oxygens (including phenoxy) is 1. The molecule has 0 radical (unpaired) electrons. The molecule has 1 aromatic rings. The first kappa shape index (κ1) is 17.2. The van der Waals surface area contributed by atoms with Gasteiger partial charge in [0.15, 0.2) is 6.10 Å². The summed E-state index contributed by atoms with van der Waals surface area (Å²) in [5, 5.41) is 13.4. The van der Waals surface area contributed by atoms with E-state index in [1.54, 1.807) is 0 Å². The molecular formula is C15H17ClN2O5. The molecule has 1 atom stereocenters. The predicted octanol–water partition coefficient (Wildman–Crippen LogP) is 2.85. The standard InChI is InChI=1S/C15H17ClN2O5/c1-9(14(19)17-10-4-2-3-5-10)23-15(20)12-7-6-11(18(21)22)8-13(12)16/h6-10H,2-5H2,1H3,(H,17,19)/t9-/m1/s1. The molecule has 23 heavy (non-hydrogen) atoms. The number of nitrogens with one attached hydrogen (secondary N) is 1. The van der Waals surface area contributed by atoms with E-state index in [-0.39, 0.29) is 28.2 Å². The van der Waals surface area contributed by atoms with Crippen molar-refractivity contribution in [2.24, 2.45) is 0 Å². The van der Waals surface area contributed by atoms with Gasteiger partial charge in [0, 0.05) is 18.2 Å². The molecule has 0 saturated heterocycles. The zero-order valence-electron chi connectivity index (χ0n) is 12.6. The minimum Gasteiger partial charge on any atom is -0.449 e. The number of esters is 1. The van der Waals surface area contributed by atoms with Gasteiger partial charge in [0.2, 0.25) is 0 Å². The van der Waals surface area contributed by atoms with Gasteiger partial charge in [-0.05, 0) is 25.8 Å². The van der Waals surface area contributed by atoms with Crippen molar-refractivity contribution in [1.82, 2.24) is 5.32 Å². The van der Waals surface area contributed by atoms with E-state index in [9.17, 15) is 19.7 Å². The second-order valence-electron chi connectivity index (χ2n) is 5.46. The molecule has 2 rings (SSSR count). The Bertz CT molecular complexity index is 628. The van der Waals surface area contributed by atoms with Crippen LogP contribution in [0.25, 0.3) is 0 Å². The molecule has 1 aliphatic carbocycles. The first-order valence-electron chi connectivity index (χ1n) is 7.34. The summed E-state index contributed by atoms with van der Waals surface area (Å²) in [5.74, 6) is -1.15. The highest BCUT2D eigenvalue weighted by Crippen LogP contribution is 2.23. The number of non-ortho nitro benzene ring substituents is 1. The summed E-state index contributed by atoms with van der Waals surface area (Å²) in [7, 11) is 0. The second-order valence-corrected chi connectivity index (χ2v) is 5.87. The molecule has 0 unspecified atom stereocenters. The molecule has 1 fully saturated rings. The predicted molar refractivity (Wildman–Crippen MR) is 83.4 cm³/mol. The van der Waals surface area contributed by atoms with E-state index in [0.29, 0.717) is 0 Å². The Morgan fingerprint density at radius 2 is 2.04 bits per heavy atom. The molecule has 0 heterocycles. The molecule has 0 bridgehead atoms.